The molecule has 0 aliphatic heterocycles. The standard InChI is InChI=1S/C20H22FNO2/c21-17-7-4-8-18(13-17)22-20(23)14-24-19-11-9-16(10-12-19)15-5-2-1-3-6-15/h4,7-13,15H,1-3,5-6,14H2,(H,22,23). The van der Waals surface area contributed by atoms with Crippen molar-refractivity contribution in [1.29, 1.82) is 0 Å². The maximum absolute atomic E-state index is 13.1. The van der Waals surface area contributed by atoms with Crippen LogP contribution in [0.5, 0.6) is 5.75 Å². The van der Waals surface area contributed by atoms with Crippen molar-refractivity contribution in [1.82, 2.24) is 0 Å². The monoisotopic (exact) mass is 327 g/mol. The van der Waals surface area contributed by atoms with Gasteiger partial charge in [-0.15, -0.1) is 0 Å². The predicted octanol–water partition coefficient (Wildman–Crippen LogP) is 4.89. The van der Waals surface area contributed by atoms with Crippen LogP contribution in [-0.4, -0.2) is 12.5 Å². The number of halogens is 1. The highest BCUT2D eigenvalue weighted by atomic mass is 19.1. The highest BCUT2D eigenvalue weighted by Gasteiger charge is 2.15. The second kappa shape index (κ2) is 7.95. The van der Waals surface area contributed by atoms with Crippen LogP contribution in [0.25, 0.3) is 0 Å². The Bertz CT molecular complexity index is 678. The van der Waals surface area contributed by atoms with Gasteiger partial charge in [0.15, 0.2) is 6.61 Å². The van der Waals surface area contributed by atoms with E-state index in [0.717, 1.165) is 0 Å². The zero-order valence-corrected chi connectivity index (χ0v) is 13.6. The average Bonchev–Trinajstić information content (AvgIpc) is 2.61. The van der Waals surface area contributed by atoms with E-state index in [2.05, 4.69) is 17.4 Å². The number of nitrogens with one attached hydrogen (secondary N) is 1. The van der Waals surface area contributed by atoms with E-state index in [0.29, 0.717) is 17.4 Å². The Morgan fingerprint density at radius 3 is 2.54 bits per heavy atom. The first-order valence-electron chi connectivity index (χ1n) is 8.49. The molecule has 1 amide bonds. The molecule has 0 bridgehead atoms. The van der Waals surface area contributed by atoms with Crippen LogP contribution in [0.1, 0.15) is 43.6 Å². The molecule has 1 aliphatic carbocycles. The molecular weight excluding hydrogens is 305 g/mol. The number of rotatable bonds is 5. The van der Waals surface area contributed by atoms with Crippen LogP contribution in [0, 0.1) is 5.82 Å². The molecule has 2 aromatic rings. The number of hydrogen-bond donors (Lipinski definition) is 1. The van der Waals surface area contributed by atoms with Crippen LogP contribution >= 0.6 is 0 Å². The third kappa shape index (κ3) is 4.57. The van der Waals surface area contributed by atoms with Gasteiger partial charge in [0.05, 0.1) is 0 Å². The first kappa shape index (κ1) is 16.5. The second-order valence-corrected chi connectivity index (χ2v) is 6.25. The van der Waals surface area contributed by atoms with Crippen LogP contribution in [0.4, 0.5) is 10.1 Å². The minimum absolute atomic E-state index is 0.0979. The lowest BCUT2D eigenvalue weighted by molar-refractivity contribution is -0.118. The van der Waals surface area contributed by atoms with Crippen LogP contribution in [-0.2, 0) is 4.79 Å². The Kier molecular flexibility index (Phi) is 5.47. The molecular formula is C20H22FNO2. The molecule has 2 aromatic carbocycles. The van der Waals surface area contributed by atoms with Gasteiger partial charge in [-0.25, -0.2) is 4.39 Å². The van der Waals surface area contributed by atoms with Crippen LogP contribution in [0.15, 0.2) is 48.5 Å². The molecule has 0 heterocycles. The molecule has 1 fully saturated rings. The number of hydrogen-bond acceptors (Lipinski definition) is 2. The average molecular weight is 327 g/mol. The van der Waals surface area contributed by atoms with E-state index in [-0.39, 0.29) is 18.3 Å². The van der Waals surface area contributed by atoms with E-state index in [1.54, 1.807) is 12.1 Å². The maximum atomic E-state index is 13.1. The third-order valence-electron chi connectivity index (χ3n) is 4.43. The van der Waals surface area contributed by atoms with Crippen molar-refractivity contribution in [3.8, 4) is 5.75 Å². The van der Waals surface area contributed by atoms with Crippen LogP contribution in [0.2, 0.25) is 0 Å². The summed E-state index contributed by atoms with van der Waals surface area (Å²) < 4.78 is 18.6. The van der Waals surface area contributed by atoms with E-state index in [1.807, 2.05) is 12.1 Å². The van der Waals surface area contributed by atoms with E-state index < -0.39 is 0 Å². The Morgan fingerprint density at radius 2 is 1.83 bits per heavy atom. The third-order valence-corrected chi connectivity index (χ3v) is 4.43. The molecule has 0 saturated heterocycles. The van der Waals surface area contributed by atoms with Gasteiger partial charge in [-0.1, -0.05) is 37.5 Å². The summed E-state index contributed by atoms with van der Waals surface area (Å²) in [5.74, 6) is 0.636. The Hall–Kier alpha value is -2.36. The number of carbonyl (C=O) groups excluding carboxylic acids is 1. The highest BCUT2D eigenvalue weighted by Crippen LogP contribution is 2.33. The molecule has 1 aliphatic rings. The molecule has 4 heteroatoms. The molecule has 1 saturated carbocycles. The molecule has 126 valence electrons. The topological polar surface area (TPSA) is 38.3 Å². The SMILES string of the molecule is O=C(COc1ccc(C2CCCCC2)cc1)Nc1cccc(F)c1. The van der Waals surface area contributed by atoms with Gasteiger partial charge in [0.25, 0.3) is 5.91 Å². The Morgan fingerprint density at radius 1 is 1.08 bits per heavy atom. The summed E-state index contributed by atoms with van der Waals surface area (Å²) in [6.45, 7) is -0.0979. The minimum Gasteiger partial charge on any atom is -0.484 e. The number of amides is 1. The van der Waals surface area contributed by atoms with Gasteiger partial charge in [-0.05, 0) is 54.7 Å². The molecule has 0 atom stereocenters. The lowest BCUT2D eigenvalue weighted by atomic mass is 9.84. The summed E-state index contributed by atoms with van der Waals surface area (Å²) in [5.41, 5.74) is 1.78. The van der Waals surface area contributed by atoms with E-state index >= 15 is 0 Å². The summed E-state index contributed by atoms with van der Waals surface area (Å²) >= 11 is 0. The normalized spacial score (nSPS) is 15.0. The maximum Gasteiger partial charge on any atom is 0.262 e. The fraction of sp³-hybridized carbons (Fsp3) is 0.350. The largest absolute Gasteiger partial charge is 0.484 e. The number of carbonyl (C=O) groups is 1. The zero-order chi connectivity index (χ0) is 16.8. The van der Waals surface area contributed by atoms with Gasteiger partial charge in [-0.3, -0.25) is 4.79 Å². The van der Waals surface area contributed by atoms with Crippen molar-refractivity contribution in [3.63, 3.8) is 0 Å². The van der Waals surface area contributed by atoms with Gasteiger partial charge >= 0.3 is 0 Å². The number of anilines is 1. The zero-order valence-electron chi connectivity index (χ0n) is 13.6. The Labute approximate surface area is 141 Å². The smallest absolute Gasteiger partial charge is 0.262 e. The first-order chi connectivity index (χ1) is 11.7. The second-order valence-electron chi connectivity index (χ2n) is 6.25. The molecule has 1 N–H and O–H groups in total. The van der Waals surface area contributed by atoms with Crippen molar-refractivity contribution in [2.75, 3.05) is 11.9 Å². The van der Waals surface area contributed by atoms with E-state index in [1.165, 1.54) is 49.8 Å². The molecule has 0 aromatic heterocycles. The predicted molar refractivity (Wildman–Crippen MR) is 92.8 cm³/mol. The lowest BCUT2D eigenvalue weighted by Crippen LogP contribution is -2.20. The molecule has 0 spiro atoms. The quantitative estimate of drug-likeness (QED) is 0.849. The van der Waals surface area contributed by atoms with Crippen LogP contribution < -0.4 is 10.1 Å². The molecule has 0 unspecified atom stereocenters. The van der Waals surface area contributed by atoms with Crippen LogP contribution in [0.3, 0.4) is 0 Å². The minimum atomic E-state index is -0.382. The van der Waals surface area contributed by atoms with Crippen molar-refractivity contribution < 1.29 is 13.9 Å². The van der Waals surface area contributed by atoms with Gasteiger partial charge < -0.3 is 10.1 Å². The summed E-state index contributed by atoms with van der Waals surface area (Å²) in [6.07, 6.45) is 6.48. The summed E-state index contributed by atoms with van der Waals surface area (Å²) in [5, 5.41) is 2.61. The van der Waals surface area contributed by atoms with Gasteiger partial charge in [0.1, 0.15) is 11.6 Å². The lowest BCUT2D eigenvalue weighted by Gasteiger charge is -2.22. The highest BCUT2D eigenvalue weighted by molar-refractivity contribution is 5.91. The Balaban J connectivity index is 1.50. The number of ether oxygens (including phenoxy) is 1. The fourth-order valence-electron chi connectivity index (χ4n) is 3.18. The van der Waals surface area contributed by atoms with Gasteiger partial charge in [-0.2, -0.15) is 0 Å². The van der Waals surface area contributed by atoms with Crippen molar-refractivity contribution in [3.05, 3.63) is 59.9 Å². The molecule has 3 rings (SSSR count). The van der Waals surface area contributed by atoms with E-state index in [4.69, 9.17) is 4.74 Å². The molecule has 0 radical (unpaired) electrons. The van der Waals surface area contributed by atoms with Gasteiger partial charge in [0.2, 0.25) is 0 Å². The molecule has 24 heavy (non-hydrogen) atoms. The summed E-state index contributed by atoms with van der Waals surface area (Å²) in [4.78, 5) is 11.9. The summed E-state index contributed by atoms with van der Waals surface area (Å²) in [7, 11) is 0. The molecule has 3 nitrogen and oxygen atoms in total. The van der Waals surface area contributed by atoms with Crippen molar-refractivity contribution in [2.45, 2.75) is 38.0 Å². The van der Waals surface area contributed by atoms with Crippen molar-refractivity contribution in [2.24, 2.45) is 0 Å². The number of benzene rings is 2. The first-order valence-corrected chi connectivity index (χ1v) is 8.49. The summed E-state index contributed by atoms with van der Waals surface area (Å²) in [6, 6.07) is 13.8. The fourth-order valence-corrected chi connectivity index (χ4v) is 3.18. The van der Waals surface area contributed by atoms with E-state index in [9.17, 15) is 9.18 Å². The van der Waals surface area contributed by atoms with Crippen molar-refractivity contribution >= 4 is 11.6 Å². The van der Waals surface area contributed by atoms with Gasteiger partial charge in [0, 0.05) is 5.69 Å².